The normalized spacial score (nSPS) is 25.2. The smallest absolute Gasteiger partial charge is 0.342 e. The number of hydrogen-bond donors (Lipinski definition) is 4. The van der Waals surface area contributed by atoms with Gasteiger partial charge in [0.15, 0.2) is 5.82 Å². The number of ether oxygens (including phenoxy) is 3. The Balaban J connectivity index is 1.46. The first-order valence-corrected chi connectivity index (χ1v) is 17.6. The lowest BCUT2D eigenvalue weighted by atomic mass is 9.98. The molecular formula is C30H49N6O8P. The highest BCUT2D eigenvalue weighted by atomic mass is 31.2. The maximum Gasteiger partial charge on any atom is 0.342 e. The summed E-state index contributed by atoms with van der Waals surface area (Å²) in [5, 5.41) is 20.8. The highest BCUT2D eigenvalue weighted by molar-refractivity contribution is 7.54. The molecule has 1 aliphatic heterocycles. The Morgan fingerprint density at radius 2 is 1.82 bits per heavy atom. The van der Waals surface area contributed by atoms with Gasteiger partial charge in [0.1, 0.15) is 36.1 Å². The SMILES string of the molecule is CCC(CC)COC(=O)[C@H](C)NP(=O)(N[C@@H](C)C(=O)OC1CCCCC1)OC[C@]1(C)C[C@@H](O)[C@H](c2ccc3c(N)ncnn23)O1. The van der Waals surface area contributed by atoms with Gasteiger partial charge in [-0.15, -0.1) is 0 Å². The van der Waals surface area contributed by atoms with E-state index in [0.717, 1.165) is 44.9 Å². The summed E-state index contributed by atoms with van der Waals surface area (Å²) in [7, 11) is -4.10. The second-order valence-corrected chi connectivity index (χ2v) is 14.4. The zero-order chi connectivity index (χ0) is 32.8. The van der Waals surface area contributed by atoms with E-state index in [1.807, 2.05) is 13.8 Å². The molecule has 4 rings (SSSR count). The van der Waals surface area contributed by atoms with Crippen molar-refractivity contribution < 1.29 is 38.0 Å². The van der Waals surface area contributed by atoms with Crippen molar-refractivity contribution in [3.05, 3.63) is 24.2 Å². The Morgan fingerprint density at radius 3 is 2.49 bits per heavy atom. The average molecular weight is 653 g/mol. The first-order valence-electron chi connectivity index (χ1n) is 16.0. The molecule has 14 nitrogen and oxygen atoms in total. The van der Waals surface area contributed by atoms with Gasteiger partial charge in [0.05, 0.1) is 30.6 Å². The lowest BCUT2D eigenvalue weighted by molar-refractivity contribution is -0.152. The van der Waals surface area contributed by atoms with Gasteiger partial charge in [0.2, 0.25) is 0 Å². The van der Waals surface area contributed by atoms with E-state index in [1.54, 1.807) is 23.6 Å². The molecule has 6 atom stereocenters. The predicted octanol–water partition coefficient (Wildman–Crippen LogP) is 3.83. The van der Waals surface area contributed by atoms with Crippen LogP contribution in [0.25, 0.3) is 5.52 Å². The maximum atomic E-state index is 14.3. The minimum atomic E-state index is -4.10. The van der Waals surface area contributed by atoms with Gasteiger partial charge >= 0.3 is 19.6 Å². The third kappa shape index (κ3) is 9.02. The highest BCUT2D eigenvalue weighted by Gasteiger charge is 2.46. The highest BCUT2D eigenvalue weighted by Crippen LogP contribution is 2.45. The van der Waals surface area contributed by atoms with Crippen LogP contribution in [0.3, 0.4) is 0 Å². The van der Waals surface area contributed by atoms with Crippen LogP contribution in [0, 0.1) is 5.92 Å². The molecule has 1 saturated heterocycles. The predicted molar refractivity (Wildman–Crippen MR) is 167 cm³/mol. The molecule has 3 heterocycles. The molecule has 1 saturated carbocycles. The maximum absolute atomic E-state index is 14.3. The van der Waals surface area contributed by atoms with E-state index in [9.17, 15) is 19.3 Å². The summed E-state index contributed by atoms with van der Waals surface area (Å²) < 4.78 is 39.2. The van der Waals surface area contributed by atoms with Gasteiger partial charge in [0, 0.05) is 6.42 Å². The van der Waals surface area contributed by atoms with Gasteiger partial charge in [0.25, 0.3) is 0 Å². The van der Waals surface area contributed by atoms with Gasteiger partial charge in [-0.3, -0.25) is 14.2 Å². The van der Waals surface area contributed by atoms with Gasteiger partial charge in [-0.1, -0.05) is 33.1 Å². The largest absolute Gasteiger partial charge is 0.464 e. The topological polar surface area (TPSA) is 189 Å². The Kier molecular flexibility index (Phi) is 12.0. The lowest BCUT2D eigenvalue weighted by Crippen LogP contribution is -2.44. The molecule has 0 aromatic carbocycles. The third-order valence-electron chi connectivity index (χ3n) is 8.64. The molecule has 2 aromatic rings. The van der Waals surface area contributed by atoms with Crippen molar-refractivity contribution in [2.45, 2.75) is 122 Å². The fourth-order valence-corrected chi connectivity index (χ4v) is 7.68. The zero-order valence-corrected chi connectivity index (χ0v) is 27.8. The number of aromatic nitrogens is 3. The molecule has 5 N–H and O–H groups in total. The molecule has 0 bridgehead atoms. The van der Waals surface area contributed by atoms with Crippen LogP contribution in [-0.2, 0) is 32.9 Å². The van der Waals surface area contributed by atoms with E-state index in [-0.39, 0.29) is 37.5 Å². The number of fused-ring (bicyclic) bond motifs is 1. The summed E-state index contributed by atoms with van der Waals surface area (Å²) >= 11 is 0. The fraction of sp³-hybridized carbons (Fsp3) is 0.733. The molecule has 2 aromatic heterocycles. The van der Waals surface area contributed by atoms with Crippen molar-refractivity contribution in [3.63, 3.8) is 0 Å². The van der Waals surface area contributed by atoms with Crippen molar-refractivity contribution in [1.82, 2.24) is 24.8 Å². The molecule has 0 amide bonds. The van der Waals surface area contributed by atoms with Crippen LogP contribution in [0.4, 0.5) is 5.82 Å². The molecule has 1 unspecified atom stereocenters. The molecular weight excluding hydrogens is 603 g/mol. The van der Waals surface area contributed by atoms with Crippen molar-refractivity contribution in [3.8, 4) is 0 Å². The van der Waals surface area contributed by atoms with Crippen molar-refractivity contribution >= 4 is 30.9 Å². The van der Waals surface area contributed by atoms with E-state index < -0.39 is 49.5 Å². The Bertz CT molecular complexity index is 1350. The first kappa shape index (κ1) is 35.2. The van der Waals surface area contributed by atoms with Gasteiger partial charge in [-0.2, -0.15) is 5.10 Å². The minimum Gasteiger partial charge on any atom is -0.464 e. The van der Waals surface area contributed by atoms with E-state index in [1.165, 1.54) is 20.2 Å². The molecule has 0 spiro atoms. The summed E-state index contributed by atoms with van der Waals surface area (Å²) in [5.74, 6) is -0.644. The van der Waals surface area contributed by atoms with Crippen LogP contribution in [0.1, 0.15) is 97.8 Å². The summed E-state index contributed by atoms with van der Waals surface area (Å²) in [6, 6.07) is 1.47. The van der Waals surface area contributed by atoms with Crippen LogP contribution in [-0.4, -0.2) is 74.7 Å². The number of nitrogens with zero attached hydrogens (tertiary/aromatic N) is 3. The number of nitrogens with one attached hydrogen (secondary N) is 2. The number of carbonyl (C=O) groups is 2. The number of rotatable bonds is 15. The molecule has 15 heteroatoms. The summed E-state index contributed by atoms with van der Waals surface area (Å²) in [4.78, 5) is 29.8. The first-order chi connectivity index (χ1) is 21.4. The minimum absolute atomic E-state index is 0.151. The number of anilines is 1. The number of nitrogens with two attached hydrogens (primary N) is 1. The standard InChI is InChI=1S/C30H49N6O8P/c1-6-21(7-2)16-41-28(38)19(3)34-45(40,35-20(4)29(39)43-22-11-9-8-10-12-22)42-17-30(5)15-25(37)26(44-30)23-13-14-24-27(31)32-18-33-36(23)24/h13-14,18-22,25-26,37H,6-12,15-17H2,1-5H3,(H2,31,32,33)(H2,34,35,40)/t19-,20-,25+,26-,30-,45?/m0/s1. The number of esters is 2. The number of carbonyl (C=O) groups excluding carboxylic acids is 2. The number of aliphatic hydroxyl groups is 1. The molecule has 2 aliphatic rings. The molecule has 2 fully saturated rings. The molecule has 1 aliphatic carbocycles. The van der Waals surface area contributed by atoms with Crippen molar-refractivity contribution in [1.29, 1.82) is 0 Å². The van der Waals surface area contributed by atoms with Crippen LogP contribution >= 0.6 is 7.67 Å². The van der Waals surface area contributed by atoms with E-state index in [4.69, 9.17) is 24.5 Å². The Hall–Kier alpha value is -2.61. The van der Waals surface area contributed by atoms with Crippen LogP contribution < -0.4 is 15.9 Å². The molecule has 0 radical (unpaired) electrons. The van der Waals surface area contributed by atoms with Gasteiger partial charge in [-0.05, 0) is 64.5 Å². The second-order valence-electron chi connectivity index (χ2n) is 12.5. The second kappa shape index (κ2) is 15.3. The summed E-state index contributed by atoms with van der Waals surface area (Å²) in [6.45, 7) is 8.86. The Morgan fingerprint density at radius 1 is 1.16 bits per heavy atom. The van der Waals surface area contributed by atoms with Crippen molar-refractivity contribution in [2.75, 3.05) is 18.9 Å². The zero-order valence-electron chi connectivity index (χ0n) is 26.9. The molecule has 45 heavy (non-hydrogen) atoms. The van der Waals surface area contributed by atoms with Crippen LogP contribution in [0.5, 0.6) is 0 Å². The average Bonchev–Trinajstić information content (AvgIpc) is 3.57. The summed E-state index contributed by atoms with van der Waals surface area (Å²) in [6.07, 6.45) is 5.97. The molecule has 252 valence electrons. The number of hydrogen-bond acceptors (Lipinski definition) is 11. The number of nitrogen functional groups attached to an aromatic ring is 1. The van der Waals surface area contributed by atoms with Gasteiger partial charge in [-0.25, -0.2) is 19.7 Å². The lowest BCUT2D eigenvalue weighted by Gasteiger charge is -2.31. The quantitative estimate of drug-likeness (QED) is 0.161. The fourth-order valence-electron chi connectivity index (χ4n) is 5.77. The van der Waals surface area contributed by atoms with Crippen molar-refractivity contribution in [2.24, 2.45) is 5.92 Å². The summed E-state index contributed by atoms with van der Waals surface area (Å²) in [5.41, 5.74) is 6.03. The van der Waals surface area contributed by atoms with Crippen LogP contribution in [0.2, 0.25) is 0 Å². The third-order valence-corrected chi connectivity index (χ3v) is 10.6. The van der Waals surface area contributed by atoms with E-state index >= 15 is 0 Å². The van der Waals surface area contributed by atoms with Crippen LogP contribution in [0.15, 0.2) is 18.5 Å². The Labute approximate surface area is 264 Å². The van der Waals surface area contributed by atoms with E-state index in [2.05, 4.69) is 20.3 Å². The van der Waals surface area contributed by atoms with Gasteiger partial charge < -0.3 is 29.6 Å². The number of aliphatic hydroxyl groups excluding tert-OH is 1. The van der Waals surface area contributed by atoms with E-state index in [0.29, 0.717) is 11.2 Å². The monoisotopic (exact) mass is 652 g/mol.